The van der Waals surface area contributed by atoms with Gasteiger partial charge in [-0.05, 0) is 20.8 Å². The van der Waals surface area contributed by atoms with Crippen LogP contribution >= 0.6 is 0 Å². The molecule has 1 aromatic carbocycles. The van der Waals surface area contributed by atoms with Crippen molar-refractivity contribution in [3.8, 4) is 0 Å². The summed E-state index contributed by atoms with van der Waals surface area (Å²) in [7, 11) is 0. The van der Waals surface area contributed by atoms with E-state index in [0.29, 0.717) is 5.56 Å². The van der Waals surface area contributed by atoms with E-state index >= 15 is 0 Å². The van der Waals surface area contributed by atoms with Crippen LogP contribution in [0.3, 0.4) is 0 Å². The van der Waals surface area contributed by atoms with Crippen LogP contribution < -0.4 is 5.73 Å². The Morgan fingerprint density at radius 1 is 1.25 bits per heavy atom. The molecule has 5 heteroatoms. The second-order valence-electron chi connectivity index (χ2n) is 4.56. The molecule has 0 radical (unpaired) electrons. The summed E-state index contributed by atoms with van der Waals surface area (Å²) < 4.78 is 4.73. The Labute approximate surface area is 120 Å². The number of hydrogen-bond donors (Lipinski definition) is 1. The highest BCUT2D eigenvalue weighted by Crippen LogP contribution is 2.03. The number of nitrogens with two attached hydrogens (primary N) is 1. The lowest BCUT2D eigenvalue weighted by molar-refractivity contribution is 0.0362. The van der Waals surface area contributed by atoms with Crippen LogP contribution in [0.2, 0.25) is 0 Å². The van der Waals surface area contributed by atoms with Crippen molar-refractivity contribution in [3.05, 3.63) is 35.4 Å². The lowest BCUT2D eigenvalue weighted by Crippen LogP contribution is -2.17. The highest BCUT2D eigenvalue weighted by Gasteiger charge is 2.07. The smallest absolute Gasteiger partial charge is 0.430 e. The molecule has 0 spiro atoms. The van der Waals surface area contributed by atoms with E-state index in [1.54, 1.807) is 26.0 Å². The zero-order valence-electron chi connectivity index (χ0n) is 12.8. The Morgan fingerprint density at radius 3 is 2.20 bits per heavy atom. The first-order chi connectivity index (χ1) is 9.40. The van der Waals surface area contributed by atoms with Gasteiger partial charge in [-0.3, -0.25) is 4.84 Å². The van der Waals surface area contributed by atoms with Crippen molar-refractivity contribution in [2.75, 3.05) is 0 Å². The van der Waals surface area contributed by atoms with Gasteiger partial charge in [-0.15, -0.1) is 0 Å². The molecule has 2 N–H and O–H groups in total. The Bertz CT molecular complexity index is 425. The van der Waals surface area contributed by atoms with Crippen molar-refractivity contribution in [2.24, 2.45) is 10.9 Å². The average Bonchev–Trinajstić information content (AvgIpc) is 2.37. The normalized spacial score (nSPS) is 10.6. The number of hydrogen-bond acceptors (Lipinski definition) is 4. The molecule has 0 unspecified atom stereocenters. The molecule has 0 amide bonds. The number of carbonyl (C=O) groups is 1. The minimum atomic E-state index is -0.866. The molecule has 1 rings (SSSR count). The van der Waals surface area contributed by atoms with Crippen LogP contribution in [0, 0.1) is 6.92 Å². The van der Waals surface area contributed by atoms with Crippen LogP contribution in [0.25, 0.3) is 0 Å². The zero-order valence-corrected chi connectivity index (χ0v) is 12.8. The van der Waals surface area contributed by atoms with Gasteiger partial charge in [-0.2, -0.15) is 0 Å². The Kier molecular flexibility index (Phi) is 8.83. The first-order valence-electron chi connectivity index (χ1n) is 6.68. The van der Waals surface area contributed by atoms with Gasteiger partial charge in [0.15, 0.2) is 5.84 Å². The second kappa shape index (κ2) is 9.83. The van der Waals surface area contributed by atoms with Gasteiger partial charge in [-0.25, -0.2) is 4.79 Å². The number of oxime groups is 1. The minimum absolute atomic E-state index is 0.130. The molecule has 112 valence electrons. The maximum atomic E-state index is 11.0. The zero-order chi connectivity index (χ0) is 15.5. The molecule has 0 aliphatic heterocycles. The maximum Gasteiger partial charge on any atom is 0.535 e. The van der Waals surface area contributed by atoms with Gasteiger partial charge >= 0.3 is 6.16 Å². The van der Waals surface area contributed by atoms with E-state index in [-0.39, 0.29) is 11.9 Å². The van der Waals surface area contributed by atoms with E-state index in [1.165, 1.54) is 6.42 Å². The Morgan fingerprint density at radius 2 is 1.75 bits per heavy atom. The molecule has 0 aromatic heterocycles. The van der Waals surface area contributed by atoms with Crippen LogP contribution in [0.1, 0.15) is 45.2 Å². The van der Waals surface area contributed by atoms with E-state index in [9.17, 15) is 4.79 Å². The molecular weight excluding hydrogens is 256 g/mol. The van der Waals surface area contributed by atoms with Crippen LogP contribution in [-0.4, -0.2) is 18.1 Å². The summed E-state index contributed by atoms with van der Waals surface area (Å²) in [4.78, 5) is 15.5. The molecular formula is C15H24N2O3. The molecule has 0 atom stereocenters. The van der Waals surface area contributed by atoms with Gasteiger partial charge in [-0.1, -0.05) is 55.3 Å². The summed E-state index contributed by atoms with van der Waals surface area (Å²) in [6.45, 7) is 9.65. The monoisotopic (exact) mass is 280 g/mol. The van der Waals surface area contributed by atoms with Gasteiger partial charge in [0, 0.05) is 5.56 Å². The van der Waals surface area contributed by atoms with Gasteiger partial charge in [0.25, 0.3) is 0 Å². The van der Waals surface area contributed by atoms with E-state index in [1.807, 2.05) is 19.1 Å². The third kappa shape index (κ3) is 8.13. The number of amidine groups is 1. The summed E-state index contributed by atoms with van der Waals surface area (Å²) in [5.74, 6) is 0.130. The van der Waals surface area contributed by atoms with Gasteiger partial charge < -0.3 is 10.5 Å². The Hall–Kier alpha value is -2.04. The van der Waals surface area contributed by atoms with Crippen LogP contribution in [0.4, 0.5) is 4.79 Å². The van der Waals surface area contributed by atoms with Crippen molar-refractivity contribution < 1.29 is 14.4 Å². The summed E-state index contributed by atoms with van der Waals surface area (Å²) in [5.41, 5.74) is 7.44. The summed E-state index contributed by atoms with van der Waals surface area (Å²) >= 11 is 0. The predicted octanol–water partition coefficient (Wildman–Crippen LogP) is 3.59. The van der Waals surface area contributed by atoms with Gasteiger partial charge in [0.1, 0.15) is 0 Å². The number of nitrogens with zero attached hydrogens (tertiary/aromatic N) is 1. The molecule has 0 aliphatic rings. The molecule has 1 aromatic rings. The number of carbonyl (C=O) groups excluding carboxylic acids is 1. The number of aryl methyl sites for hydroxylation is 1. The fourth-order valence-corrected chi connectivity index (χ4v) is 1.08. The van der Waals surface area contributed by atoms with Crippen LogP contribution in [-0.2, 0) is 9.57 Å². The molecule has 0 aliphatic carbocycles. The predicted molar refractivity (Wildman–Crippen MR) is 80.6 cm³/mol. The summed E-state index contributed by atoms with van der Waals surface area (Å²) in [6, 6.07) is 7.38. The van der Waals surface area contributed by atoms with E-state index in [4.69, 9.17) is 10.5 Å². The molecule has 5 nitrogen and oxygen atoms in total. The molecule has 0 fully saturated rings. The largest absolute Gasteiger partial charge is 0.535 e. The number of ether oxygens (including phenoxy) is 1. The molecule has 0 saturated heterocycles. The standard InChI is InChI=1S/C12H16N2O3.C3H8/c1-8(2)16-12(15)17-14-11(13)10-6-4-9(3)5-7-10;1-3-2/h4-8H,1-3H3,(H2,13,14);3H2,1-2H3. The number of benzene rings is 1. The number of rotatable bonds is 3. The van der Waals surface area contributed by atoms with Crippen molar-refractivity contribution in [1.29, 1.82) is 0 Å². The van der Waals surface area contributed by atoms with E-state index in [0.717, 1.165) is 5.56 Å². The van der Waals surface area contributed by atoms with Crippen LogP contribution in [0.15, 0.2) is 29.4 Å². The molecule has 0 saturated carbocycles. The molecule has 0 bridgehead atoms. The molecule has 20 heavy (non-hydrogen) atoms. The first kappa shape index (κ1) is 18.0. The minimum Gasteiger partial charge on any atom is -0.430 e. The first-order valence-corrected chi connectivity index (χ1v) is 6.68. The van der Waals surface area contributed by atoms with Crippen molar-refractivity contribution >= 4 is 12.0 Å². The summed E-state index contributed by atoms with van der Waals surface area (Å²) in [6.07, 6.45) is 0.133. The fraction of sp³-hybridized carbons (Fsp3) is 0.467. The third-order valence-corrected chi connectivity index (χ3v) is 1.90. The highest BCUT2D eigenvalue weighted by molar-refractivity contribution is 5.97. The lowest BCUT2D eigenvalue weighted by atomic mass is 10.1. The van der Waals surface area contributed by atoms with E-state index in [2.05, 4.69) is 23.8 Å². The lowest BCUT2D eigenvalue weighted by Gasteiger charge is -2.05. The average molecular weight is 280 g/mol. The van der Waals surface area contributed by atoms with Crippen LogP contribution in [0.5, 0.6) is 0 Å². The van der Waals surface area contributed by atoms with Gasteiger partial charge in [0.2, 0.25) is 0 Å². The van der Waals surface area contributed by atoms with E-state index < -0.39 is 6.16 Å². The second-order valence-corrected chi connectivity index (χ2v) is 4.56. The van der Waals surface area contributed by atoms with Crippen molar-refractivity contribution in [3.63, 3.8) is 0 Å². The highest BCUT2D eigenvalue weighted by atomic mass is 16.8. The quantitative estimate of drug-likeness (QED) is 0.302. The fourth-order valence-electron chi connectivity index (χ4n) is 1.08. The third-order valence-electron chi connectivity index (χ3n) is 1.90. The maximum absolute atomic E-state index is 11.0. The topological polar surface area (TPSA) is 73.9 Å². The Balaban J connectivity index is 0.00000110. The van der Waals surface area contributed by atoms with Gasteiger partial charge in [0.05, 0.1) is 6.10 Å². The van der Waals surface area contributed by atoms with Crippen molar-refractivity contribution in [1.82, 2.24) is 0 Å². The molecule has 0 heterocycles. The van der Waals surface area contributed by atoms with Crippen molar-refractivity contribution in [2.45, 2.75) is 47.1 Å². The summed E-state index contributed by atoms with van der Waals surface area (Å²) in [5, 5.41) is 3.50. The SMILES string of the molecule is CCC.Cc1ccc(/C(N)=N/OC(=O)OC(C)C)cc1.